The van der Waals surface area contributed by atoms with Gasteiger partial charge in [0, 0.05) is 26.1 Å². The average Bonchev–Trinajstić information content (AvgIpc) is 3.00. The van der Waals surface area contributed by atoms with Gasteiger partial charge in [-0.2, -0.15) is 8.42 Å². The maximum absolute atomic E-state index is 12.9. The first-order valence-corrected chi connectivity index (χ1v) is 8.01. The highest BCUT2D eigenvalue weighted by atomic mass is 32.3. The van der Waals surface area contributed by atoms with Crippen LogP contribution in [0, 0.1) is 0 Å². The molecule has 1 amide bonds. The van der Waals surface area contributed by atoms with E-state index in [1.165, 1.54) is 4.90 Å². The lowest BCUT2D eigenvalue weighted by atomic mass is 10.3. The Morgan fingerprint density at radius 3 is 2.76 bits per heavy atom. The topological polar surface area (TPSA) is 72.3 Å². The number of halogens is 1. The number of imidazole rings is 1. The maximum Gasteiger partial charge on any atom is 0.307 e. The number of nitrogens with zero attached hydrogens (tertiary/aromatic N) is 3. The fourth-order valence-electron chi connectivity index (χ4n) is 2.56. The van der Waals surface area contributed by atoms with E-state index in [0.29, 0.717) is 13.1 Å². The number of hydrogen-bond acceptors (Lipinski definition) is 4. The van der Waals surface area contributed by atoms with E-state index in [0.717, 1.165) is 11.0 Å². The molecule has 8 heteroatoms. The zero-order valence-corrected chi connectivity index (χ0v) is 12.0. The van der Waals surface area contributed by atoms with Crippen LogP contribution in [-0.4, -0.2) is 47.1 Å². The molecule has 3 rings (SSSR count). The highest BCUT2D eigenvalue weighted by Crippen LogP contribution is 2.20. The van der Waals surface area contributed by atoms with Crippen molar-refractivity contribution >= 4 is 27.2 Å². The third-order valence-corrected chi connectivity index (χ3v) is 4.83. The Labute approximate surface area is 121 Å². The number of hydrogen-bond donors (Lipinski definition) is 0. The van der Waals surface area contributed by atoms with Gasteiger partial charge < -0.3 is 9.47 Å². The van der Waals surface area contributed by atoms with E-state index in [2.05, 4.69) is 4.98 Å². The standard InChI is InChI=1S/C13H14FN3O3S/c14-21(19,20)10-7-13(18)16(8-10)5-6-17-9-15-11-3-1-2-4-12(11)17/h1-4,9-10H,5-8H2. The number of fused-ring (bicyclic) bond motifs is 1. The van der Waals surface area contributed by atoms with Gasteiger partial charge in [0.15, 0.2) is 0 Å². The van der Waals surface area contributed by atoms with E-state index in [1.807, 2.05) is 28.8 Å². The number of benzene rings is 1. The van der Waals surface area contributed by atoms with Crippen molar-refractivity contribution in [3.63, 3.8) is 0 Å². The molecule has 2 aromatic rings. The number of amides is 1. The van der Waals surface area contributed by atoms with Crippen LogP contribution < -0.4 is 0 Å². The first kappa shape index (κ1) is 14.0. The Hall–Kier alpha value is -1.96. The minimum absolute atomic E-state index is 0.0791. The molecule has 0 aliphatic carbocycles. The van der Waals surface area contributed by atoms with E-state index in [1.54, 1.807) is 6.33 Å². The molecule has 1 fully saturated rings. The van der Waals surface area contributed by atoms with Gasteiger partial charge in [0.2, 0.25) is 5.91 Å². The SMILES string of the molecule is O=C1CC(S(=O)(=O)F)CN1CCn1cnc2ccccc21. The minimum atomic E-state index is -4.66. The largest absolute Gasteiger partial charge is 0.339 e. The molecule has 0 N–H and O–H groups in total. The molecule has 1 aliphatic rings. The van der Waals surface area contributed by atoms with E-state index < -0.39 is 15.5 Å². The summed E-state index contributed by atoms with van der Waals surface area (Å²) in [5.41, 5.74) is 1.80. The summed E-state index contributed by atoms with van der Waals surface area (Å²) in [6, 6.07) is 7.59. The second-order valence-corrected chi connectivity index (χ2v) is 6.69. The van der Waals surface area contributed by atoms with Crippen molar-refractivity contribution in [2.45, 2.75) is 18.2 Å². The zero-order valence-electron chi connectivity index (χ0n) is 11.1. The van der Waals surface area contributed by atoms with Gasteiger partial charge in [-0.15, -0.1) is 3.89 Å². The van der Waals surface area contributed by atoms with Crippen molar-refractivity contribution in [2.24, 2.45) is 0 Å². The molecule has 1 aromatic carbocycles. The second kappa shape index (κ2) is 5.10. The number of carbonyl (C=O) groups excluding carboxylic acids is 1. The number of rotatable bonds is 4. The Morgan fingerprint density at radius 2 is 2.05 bits per heavy atom. The molecule has 1 unspecified atom stereocenters. The van der Waals surface area contributed by atoms with E-state index in [9.17, 15) is 17.1 Å². The predicted molar refractivity (Wildman–Crippen MR) is 74.7 cm³/mol. The van der Waals surface area contributed by atoms with Gasteiger partial charge in [-0.3, -0.25) is 4.79 Å². The van der Waals surface area contributed by atoms with Crippen LogP contribution in [0.4, 0.5) is 3.89 Å². The molecule has 1 aromatic heterocycles. The van der Waals surface area contributed by atoms with Crippen molar-refractivity contribution in [2.75, 3.05) is 13.1 Å². The van der Waals surface area contributed by atoms with Gasteiger partial charge in [-0.05, 0) is 12.1 Å². The summed E-state index contributed by atoms with van der Waals surface area (Å²) < 4.78 is 36.6. The zero-order chi connectivity index (χ0) is 15.0. The highest BCUT2D eigenvalue weighted by molar-refractivity contribution is 7.87. The van der Waals surface area contributed by atoms with Gasteiger partial charge in [-0.1, -0.05) is 12.1 Å². The summed E-state index contributed by atoms with van der Waals surface area (Å²) in [5, 5.41) is -1.23. The van der Waals surface area contributed by atoms with Crippen LogP contribution in [0.3, 0.4) is 0 Å². The summed E-state index contributed by atoms with van der Waals surface area (Å²) in [7, 11) is -4.66. The first-order chi connectivity index (χ1) is 9.95. The first-order valence-electron chi connectivity index (χ1n) is 6.56. The van der Waals surface area contributed by atoms with Crippen LogP contribution in [0.5, 0.6) is 0 Å². The third-order valence-electron chi connectivity index (χ3n) is 3.72. The molecular weight excluding hydrogens is 297 g/mol. The second-order valence-electron chi connectivity index (χ2n) is 5.07. The monoisotopic (exact) mass is 311 g/mol. The van der Waals surface area contributed by atoms with Gasteiger partial charge in [0.1, 0.15) is 5.25 Å². The molecule has 21 heavy (non-hydrogen) atoms. The molecule has 0 spiro atoms. The van der Waals surface area contributed by atoms with Crippen LogP contribution in [0.25, 0.3) is 11.0 Å². The normalized spacial score (nSPS) is 19.6. The molecule has 1 aliphatic heterocycles. The molecule has 0 saturated carbocycles. The van der Waals surface area contributed by atoms with Crippen LogP contribution in [0.2, 0.25) is 0 Å². The van der Waals surface area contributed by atoms with E-state index >= 15 is 0 Å². The molecule has 0 radical (unpaired) electrons. The Bertz CT molecular complexity index is 787. The van der Waals surface area contributed by atoms with Crippen molar-refractivity contribution in [3.05, 3.63) is 30.6 Å². The summed E-state index contributed by atoms with van der Waals surface area (Å²) in [5.74, 6) is -0.328. The summed E-state index contributed by atoms with van der Waals surface area (Å²) in [4.78, 5) is 17.4. The lowest BCUT2D eigenvalue weighted by Crippen LogP contribution is -2.30. The number of aromatic nitrogens is 2. The molecule has 6 nitrogen and oxygen atoms in total. The van der Waals surface area contributed by atoms with Crippen LogP contribution in [0.1, 0.15) is 6.42 Å². The van der Waals surface area contributed by atoms with Crippen molar-refractivity contribution in [3.8, 4) is 0 Å². The van der Waals surface area contributed by atoms with Crippen LogP contribution in [0.15, 0.2) is 30.6 Å². The number of likely N-dealkylation sites (tertiary alicyclic amines) is 1. The smallest absolute Gasteiger partial charge is 0.307 e. The lowest BCUT2D eigenvalue weighted by molar-refractivity contribution is -0.127. The molecule has 1 atom stereocenters. The summed E-state index contributed by atoms with van der Waals surface area (Å²) >= 11 is 0. The fourth-order valence-corrected chi connectivity index (χ4v) is 3.26. The fraction of sp³-hybridized carbons (Fsp3) is 0.385. The number of carbonyl (C=O) groups is 1. The average molecular weight is 311 g/mol. The van der Waals surface area contributed by atoms with Crippen LogP contribution >= 0.6 is 0 Å². The predicted octanol–water partition coefficient (Wildman–Crippen LogP) is 0.936. The van der Waals surface area contributed by atoms with Gasteiger partial charge in [-0.25, -0.2) is 4.98 Å². The third kappa shape index (κ3) is 2.76. The Balaban J connectivity index is 1.70. The summed E-state index contributed by atoms with van der Waals surface area (Å²) in [6.07, 6.45) is 1.40. The quantitative estimate of drug-likeness (QED) is 0.788. The van der Waals surface area contributed by atoms with E-state index in [4.69, 9.17) is 0 Å². The van der Waals surface area contributed by atoms with Crippen molar-refractivity contribution in [1.29, 1.82) is 0 Å². The Morgan fingerprint density at radius 1 is 1.29 bits per heavy atom. The lowest BCUT2D eigenvalue weighted by Gasteiger charge is -2.16. The van der Waals surface area contributed by atoms with Gasteiger partial charge in [0.25, 0.3) is 0 Å². The molecule has 2 heterocycles. The van der Waals surface area contributed by atoms with Gasteiger partial charge >= 0.3 is 10.2 Å². The molecule has 112 valence electrons. The van der Waals surface area contributed by atoms with Crippen molar-refractivity contribution < 1.29 is 17.1 Å². The van der Waals surface area contributed by atoms with E-state index in [-0.39, 0.29) is 18.9 Å². The van der Waals surface area contributed by atoms with Gasteiger partial charge in [0.05, 0.1) is 17.4 Å². The Kier molecular flexibility index (Phi) is 3.40. The van der Waals surface area contributed by atoms with Crippen molar-refractivity contribution in [1.82, 2.24) is 14.5 Å². The number of para-hydroxylation sites is 2. The minimum Gasteiger partial charge on any atom is -0.339 e. The molecular formula is C13H14FN3O3S. The summed E-state index contributed by atoms with van der Waals surface area (Å²) in [6.45, 7) is 0.751. The molecule has 0 bridgehead atoms. The highest BCUT2D eigenvalue weighted by Gasteiger charge is 2.38. The maximum atomic E-state index is 12.9. The molecule has 1 saturated heterocycles. The van der Waals surface area contributed by atoms with Crippen LogP contribution in [-0.2, 0) is 21.6 Å².